The number of amides is 2. The smallest absolute Gasteiger partial charge is 0.263 e. The summed E-state index contributed by atoms with van der Waals surface area (Å²) in [7, 11) is 0. The van der Waals surface area contributed by atoms with Crippen LogP contribution < -0.4 is 10.1 Å². The molecule has 3 rings (SSSR count). The van der Waals surface area contributed by atoms with Crippen LogP contribution in [0.5, 0.6) is 5.75 Å². The Bertz CT molecular complexity index is 728. The van der Waals surface area contributed by atoms with Crippen LogP contribution in [-0.2, 0) is 4.79 Å². The van der Waals surface area contributed by atoms with Crippen LogP contribution in [-0.4, -0.2) is 46.9 Å². The van der Waals surface area contributed by atoms with E-state index in [0.717, 1.165) is 12.8 Å². The van der Waals surface area contributed by atoms with Gasteiger partial charge < -0.3 is 15.0 Å². The molecule has 1 aliphatic rings. The summed E-state index contributed by atoms with van der Waals surface area (Å²) in [5, 5.41) is 3.02. The molecule has 1 aromatic heterocycles. The Morgan fingerprint density at radius 2 is 1.88 bits per heavy atom. The summed E-state index contributed by atoms with van der Waals surface area (Å²) in [5.41, 5.74) is 0.552. The molecule has 6 nitrogen and oxygen atoms in total. The maximum Gasteiger partial charge on any atom is 0.263 e. The van der Waals surface area contributed by atoms with Gasteiger partial charge in [-0.1, -0.05) is 18.2 Å². The summed E-state index contributed by atoms with van der Waals surface area (Å²) in [4.78, 5) is 30.5. The second kappa shape index (κ2) is 8.47. The molecule has 1 unspecified atom stereocenters. The molecular weight excluding hydrogens is 330 g/mol. The van der Waals surface area contributed by atoms with Gasteiger partial charge in [-0.3, -0.25) is 14.6 Å². The van der Waals surface area contributed by atoms with E-state index in [4.69, 9.17) is 4.74 Å². The van der Waals surface area contributed by atoms with Crippen molar-refractivity contribution in [2.24, 2.45) is 0 Å². The lowest BCUT2D eigenvalue weighted by atomic mass is 10.0. The predicted molar refractivity (Wildman–Crippen MR) is 97.8 cm³/mol. The summed E-state index contributed by atoms with van der Waals surface area (Å²) in [6.07, 6.45) is 4.13. The molecule has 1 aromatic carbocycles. The van der Waals surface area contributed by atoms with Crippen molar-refractivity contribution in [3.8, 4) is 5.75 Å². The van der Waals surface area contributed by atoms with E-state index in [9.17, 15) is 9.59 Å². The van der Waals surface area contributed by atoms with E-state index >= 15 is 0 Å². The minimum atomic E-state index is -0.529. The van der Waals surface area contributed by atoms with Crippen molar-refractivity contribution in [3.05, 3.63) is 60.4 Å². The number of likely N-dealkylation sites (tertiary alicyclic amines) is 1. The molecule has 136 valence electrons. The van der Waals surface area contributed by atoms with Crippen molar-refractivity contribution in [1.29, 1.82) is 0 Å². The molecule has 1 aliphatic heterocycles. The Hall–Kier alpha value is -2.89. The summed E-state index contributed by atoms with van der Waals surface area (Å²) in [5.74, 6) is 0.543. The molecule has 2 heterocycles. The highest BCUT2D eigenvalue weighted by Crippen LogP contribution is 2.16. The molecule has 1 fully saturated rings. The van der Waals surface area contributed by atoms with Crippen LogP contribution in [0, 0.1) is 0 Å². The number of para-hydroxylation sites is 1. The zero-order valence-electron chi connectivity index (χ0n) is 14.8. The molecule has 0 bridgehead atoms. The fourth-order valence-electron chi connectivity index (χ4n) is 3.02. The van der Waals surface area contributed by atoms with Gasteiger partial charge in [0.25, 0.3) is 11.8 Å². The first-order valence-corrected chi connectivity index (χ1v) is 8.85. The Morgan fingerprint density at radius 3 is 2.54 bits per heavy atom. The van der Waals surface area contributed by atoms with Crippen LogP contribution in [0.1, 0.15) is 30.1 Å². The predicted octanol–water partition coefficient (Wildman–Crippen LogP) is 2.27. The Morgan fingerprint density at radius 1 is 1.15 bits per heavy atom. The molecule has 0 spiro atoms. The number of piperidine rings is 1. The van der Waals surface area contributed by atoms with Gasteiger partial charge in [0.05, 0.1) is 5.56 Å². The summed E-state index contributed by atoms with van der Waals surface area (Å²) in [6, 6.07) is 12.9. The van der Waals surface area contributed by atoms with Crippen LogP contribution in [0.2, 0.25) is 0 Å². The first kappa shape index (κ1) is 17.9. The number of nitrogens with one attached hydrogen (secondary N) is 1. The van der Waals surface area contributed by atoms with Crippen molar-refractivity contribution >= 4 is 11.8 Å². The number of carbonyl (C=O) groups excluding carboxylic acids is 2. The number of pyridine rings is 1. The molecule has 2 amide bonds. The van der Waals surface area contributed by atoms with Gasteiger partial charge in [0, 0.05) is 31.5 Å². The van der Waals surface area contributed by atoms with Crippen LogP contribution in [0.15, 0.2) is 54.9 Å². The van der Waals surface area contributed by atoms with Crippen LogP contribution in [0.25, 0.3) is 0 Å². The topological polar surface area (TPSA) is 71.5 Å². The van der Waals surface area contributed by atoms with E-state index in [1.165, 1.54) is 0 Å². The highest BCUT2D eigenvalue weighted by atomic mass is 16.5. The van der Waals surface area contributed by atoms with E-state index in [2.05, 4.69) is 10.3 Å². The molecule has 26 heavy (non-hydrogen) atoms. The fourth-order valence-corrected chi connectivity index (χ4v) is 3.02. The third kappa shape index (κ3) is 4.59. The molecule has 0 aliphatic carbocycles. The Labute approximate surface area is 153 Å². The van der Waals surface area contributed by atoms with Gasteiger partial charge in [-0.15, -0.1) is 0 Å². The first-order valence-electron chi connectivity index (χ1n) is 8.85. The summed E-state index contributed by atoms with van der Waals surface area (Å²) >= 11 is 0. The maximum absolute atomic E-state index is 12.6. The van der Waals surface area contributed by atoms with Gasteiger partial charge >= 0.3 is 0 Å². The van der Waals surface area contributed by atoms with Crippen molar-refractivity contribution in [3.63, 3.8) is 0 Å². The van der Waals surface area contributed by atoms with Gasteiger partial charge in [0.15, 0.2) is 6.10 Å². The standard InChI is InChI=1S/C20H23N3O3/c1-15(26-18-7-3-2-4-8-18)20(25)23-12-9-17(10-13-23)22-19(24)16-6-5-11-21-14-16/h2-8,11,14-15,17H,9-10,12-13H2,1H3,(H,22,24). The van der Waals surface area contributed by atoms with E-state index in [1.807, 2.05) is 30.3 Å². The van der Waals surface area contributed by atoms with Crippen LogP contribution in [0.3, 0.4) is 0 Å². The van der Waals surface area contributed by atoms with Crippen molar-refractivity contribution < 1.29 is 14.3 Å². The highest BCUT2D eigenvalue weighted by molar-refractivity contribution is 5.94. The molecule has 2 aromatic rings. The van der Waals surface area contributed by atoms with Gasteiger partial charge in [0.1, 0.15) is 5.75 Å². The first-order chi connectivity index (χ1) is 12.6. The number of benzene rings is 1. The van der Waals surface area contributed by atoms with Crippen molar-refractivity contribution in [2.75, 3.05) is 13.1 Å². The highest BCUT2D eigenvalue weighted by Gasteiger charge is 2.27. The molecule has 0 saturated carbocycles. The molecular formula is C20H23N3O3. The van der Waals surface area contributed by atoms with E-state index in [0.29, 0.717) is 24.4 Å². The van der Waals surface area contributed by atoms with Crippen LogP contribution >= 0.6 is 0 Å². The number of ether oxygens (including phenoxy) is 1. The van der Waals surface area contributed by atoms with Gasteiger partial charge in [-0.05, 0) is 44.0 Å². The lowest BCUT2D eigenvalue weighted by Gasteiger charge is -2.33. The van der Waals surface area contributed by atoms with E-state index < -0.39 is 6.10 Å². The lowest BCUT2D eigenvalue weighted by Crippen LogP contribution is -2.49. The quantitative estimate of drug-likeness (QED) is 0.895. The third-order valence-corrected chi connectivity index (χ3v) is 4.47. The minimum absolute atomic E-state index is 0.0223. The number of hydrogen-bond donors (Lipinski definition) is 1. The summed E-state index contributed by atoms with van der Waals surface area (Å²) in [6.45, 7) is 2.99. The second-order valence-electron chi connectivity index (χ2n) is 6.39. The molecule has 1 atom stereocenters. The Kier molecular flexibility index (Phi) is 5.84. The van der Waals surface area contributed by atoms with Crippen molar-refractivity contribution in [1.82, 2.24) is 15.2 Å². The molecule has 1 N–H and O–H groups in total. The van der Waals surface area contributed by atoms with Crippen LogP contribution in [0.4, 0.5) is 0 Å². The van der Waals surface area contributed by atoms with E-state index in [-0.39, 0.29) is 17.9 Å². The van der Waals surface area contributed by atoms with E-state index in [1.54, 1.807) is 36.4 Å². The second-order valence-corrected chi connectivity index (χ2v) is 6.39. The van der Waals surface area contributed by atoms with Gasteiger partial charge in [0.2, 0.25) is 0 Å². The number of rotatable bonds is 5. The minimum Gasteiger partial charge on any atom is -0.481 e. The van der Waals surface area contributed by atoms with Crippen molar-refractivity contribution in [2.45, 2.75) is 31.9 Å². The van der Waals surface area contributed by atoms with Gasteiger partial charge in [-0.25, -0.2) is 0 Å². The monoisotopic (exact) mass is 353 g/mol. The summed E-state index contributed by atoms with van der Waals surface area (Å²) < 4.78 is 5.71. The third-order valence-electron chi connectivity index (χ3n) is 4.47. The molecule has 0 radical (unpaired) electrons. The molecule has 6 heteroatoms. The average molecular weight is 353 g/mol. The molecule has 1 saturated heterocycles. The van der Waals surface area contributed by atoms with Gasteiger partial charge in [-0.2, -0.15) is 0 Å². The average Bonchev–Trinajstić information content (AvgIpc) is 2.69. The number of aromatic nitrogens is 1. The number of carbonyl (C=O) groups is 2. The normalized spacial score (nSPS) is 16.0. The fraction of sp³-hybridized carbons (Fsp3) is 0.350. The Balaban J connectivity index is 1.47. The zero-order valence-corrected chi connectivity index (χ0v) is 14.8. The number of nitrogens with zero attached hydrogens (tertiary/aromatic N) is 2. The zero-order chi connectivity index (χ0) is 18.4. The SMILES string of the molecule is CC(Oc1ccccc1)C(=O)N1CCC(NC(=O)c2cccnc2)CC1. The number of hydrogen-bond acceptors (Lipinski definition) is 4. The largest absolute Gasteiger partial charge is 0.481 e. The maximum atomic E-state index is 12.6. The lowest BCUT2D eigenvalue weighted by molar-refractivity contribution is -0.139.